The molecule has 1 aliphatic rings. The Labute approximate surface area is 143 Å². The number of carboxylic acid groups (broad SMARTS) is 1. The number of benzene rings is 1. The fourth-order valence-electron chi connectivity index (χ4n) is 3.06. The molecule has 2 unspecified atom stereocenters. The van der Waals surface area contributed by atoms with Crippen LogP contribution in [0.4, 0.5) is 0 Å². The van der Waals surface area contributed by atoms with Gasteiger partial charge in [-0.25, -0.2) is 0 Å². The number of carboxylic acids is 1. The smallest absolute Gasteiger partial charge is 0.305 e. The van der Waals surface area contributed by atoms with E-state index in [1.54, 1.807) is 4.90 Å². The molecular weight excluding hydrogens is 306 g/mol. The Balaban J connectivity index is 2.00. The van der Waals surface area contributed by atoms with Crippen molar-refractivity contribution in [2.45, 2.75) is 51.5 Å². The number of amides is 1. The van der Waals surface area contributed by atoms with Gasteiger partial charge in [0, 0.05) is 13.0 Å². The first-order valence-electron chi connectivity index (χ1n) is 8.57. The van der Waals surface area contributed by atoms with Crippen LogP contribution in [0.1, 0.15) is 56.6 Å². The summed E-state index contributed by atoms with van der Waals surface area (Å²) in [4.78, 5) is 25.3. The van der Waals surface area contributed by atoms with Crippen LogP contribution >= 0.6 is 0 Å². The molecule has 2 rings (SSSR count). The highest BCUT2D eigenvalue weighted by atomic mass is 16.5. The predicted molar refractivity (Wildman–Crippen MR) is 92.1 cm³/mol. The lowest BCUT2D eigenvalue weighted by Gasteiger charge is -2.35. The van der Waals surface area contributed by atoms with E-state index in [0.717, 1.165) is 5.56 Å². The fourth-order valence-corrected chi connectivity index (χ4v) is 3.06. The second kappa shape index (κ2) is 8.29. The van der Waals surface area contributed by atoms with Crippen LogP contribution in [-0.4, -0.2) is 47.7 Å². The molecule has 0 saturated carbocycles. The van der Waals surface area contributed by atoms with Crippen LogP contribution in [-0.2, 0) is 14.3 Å². The molecule has 1 saturated heterocycles. The van der Waals surface area contributed by atoms with Gasteiger partial charge in [-0.15, -0.1) is 0 Å². The average molecular weight is 333 g/mol. The lowest BCUT2D eigenvalue weighted by Crippen LogP contribution is -2.49. The number of hydrogen-bond acceptors (Lipinski definition) is 3. The summed E-state index contributed by atoms with van der Waals surface area (Å²) < 4.78 is 5.33. The lowest BCUT2D eigenvalue weighted by atomic mass is 9.93. The van der Waals surface area contributed by atoms with Crippen LogP contribution in [0.2, 0.25) is 0 Å². The zero-order valence-electron chi connectivity index (χ0n) is 14.7. The fraction of sp³-hybridized carbons (Fsp3) is 0.579. The van der Waals surface area contributed by atoms with E-state index in [4.69, 9.17) is 9.84 Å². The van der Waals surface area contributed by atoms with Crippen LogP contribution in [0.15, 0.2) is 24.3 Å². The third kappa shape index (κ3) is 4.81. The minimum absolute atomic E-state index is 0.00462. The highest BCUT2D eigenvalue weighted by Gasteiger charge is 2.29. The largest absolute Gasteiger partial charge is 0.481 e. The predicted octanol–water partition coefficient (Wildman–Crippen LogP) is 3.01. The van der Waals surface area contributed by atoms with Crippen molar-refractivity contribution in [3.8, 4) is 0 Å². The first-order valence-corrected chi connectivity index (χ1v) is 8.57. The zero-order chi connectivity index (χ0) is 17.7. The van der Waals surface area contributed by atoms with Gasteiger partial charge in [0.05, 0.1) is 25.7 Å². The first-order chi connectivity index (χ1) is 11.4. The molecule has 132 valence electrons. The Bertz CT molecular complexity index is 567. The Kier molecular flexibility index (Phi) is 6.37. The number of morpholine rings is 1. The van der Waals surface area contributed by atoms with Crippen molar-refractivity contribution in [2.75, 3.05) is 19.8 Å². The molecule has 0 aliphatic carbocycles. The Morgan fingerprint density at radius 2 is 1.83 bits per heavy atom. The third-order valence-corrected chi connectivity index (χ3v) is 4.61. The van der Waals surface area contributed by atoms with Crippen molar-refractivity contribution >= 4 is 11.9 Å². The Hall–Kier alpha value is -1.88. The minimum atomic E-state index is -0.902. The molecule has 1 amide bonds. The summed E-state index contributed by atoms with van der Waals surface area (Å²) in [6.07, 6.45) is 0.320. The van der Waals surface area contributed by atoms with Gasteiger partial charge in [-0.05, 0) is 23.0 Å². The molecule has 1 aromatic carbocycles. The number of aliphatic carboxylic acids is 1. The normalized spacial score (nSPS) is 19.3. The summed E-state index contributed by atoms with van der Waals surface area (Å²) in [6, 6.07) is 8.04. The van der Waals surface area contributed by atoms with Crippen LogP contribution in [0.25, 0.3) is 0 Å². The zero-order valence-corrected chi connectivity index (χ0v) is 14.7. The first kappa shape index (κ1) is 18.5. The van der Waals surface area contributed by atoms with Gasteiger partial charge in [0.15, 0.2) is 0 Å². The summed E-state index contributed by atoms with van der Waals surface area (Å²) in [5.41, 5.74) is 2.42. The van der Waals surface area contributed by atoms with E-state index < -0.39 is 5.97 Å². The second-order valence-corrected chi connectivity index (χ2v) is 6.84. The molecule has 5 heteroatoms. The van der Waals surface area contributed by atoms with Crippen molar-refractivity contribution in [3.63, 3.8) is 0 Å². The van der Waals surface area contributed by atoms with Crippen molar-refractivity contribution in [1.29, 1.82) is 0 Å². The van der Waals surface area contributed by atoms with E-state index in [9.17, 15) is 9.59 Å². The van der Waals surface area contributed by atoms with E-state index >= 15 is 0 Å². The summed E-state index contributed by atoms with van der Waals surface area (Å²) in [5, 5.41) is 9.00. The van der Waals surface area contributed by atoms with Crippen LogP contribution in [0.3, 0.4) is 0 Å². The maximum Gasteiger partial charge on any atom is 0.305 e. The lowest BCUT2D eigenvalue weighted by molar-refractivity contribution is -0.146. The van der Waals surface area contributed by atoms with E-state index in [-0.39, 0.29) is 24.3 Å². The number of ether oxygens (including phenoxy) is 1. The molecule has 1 aliphatic heterocycles. The van der Waals surface area contributed by atoms with Gasteiger partial charge in [-0.1, -0.05) is 45.0 Å². The van der Waals surface area contributed by atoms with Gasteiger partial charge in [0.2, 0.25) is 5.91 Å². The van der Waals surface area contributed by atoms with Crippen LogP contribution in [0.5, 0.6) is 0 Å². The standard InChI is InChI=1S/C19H27NO4/c1-13(2)15-4-6-16(7-5-15)14(3)10-18(21)20-8-9-24-12-17(20)11-19(22)23/h4-7,13-14,17H,8-12H2,1-3H3,(H,22,23). The molecule has 2 atom stereocenters. The quantitative estimate of drug-likeness (QED) is 0.869. The molecule has 0 aromatic heterocycles. The summed E-state index contributed by atoms with van der Waals surface area (Å²) in [6.45, 7) is 7.59. The average Bonchev–Trinajstić information content (AvgIpc) is 2.54. The van der Waals surface area contributed by atoms with Crippen molar-refractivity contribution < 1.29 is 19.4 Å². The highest BCUT2D eigenvalue weighted by Crippen LogP contribution is 2.24. The van der Waals surface area contributed by atoms with Gasteiger partial charge in [0.25, 0.3) is 0 Å². The molecule has 1 N–H and O–H groups in total. The maximum atomic E-state index is 12.6. The van der Waals surface area contributed by atoms with Gasteiger partial charge in [-0.2, -0.15) is 0 Å². The van der Waals surface area contributed by atoms with Gasteiger partial charge >= 0.3 is 5.97 Å². The monoisotopic (exact) mass is 333 g/mol. The van der Waals surface area contributed by atoms with Gasteiger partial charge in [-0.3, -0.25) is 9.59 Å². The van der Waals surface area contributed by atoms with Crippen LogP contribution in [0, 0.1) is 0 Å². The Morgan fingerprint density at radius 1 is 1.21 bits per heavy atom. The van der Waals surface area contributed by atoms with Crippen molar-refractivity contribution in [3.05, 3.63) is 35.4 Å². The summed E-state index contributed by atoms with van der Waals surface area (Å²) in [5.74, 6) is -0.307. The van der Waals surface area contributed by atoms with E-state index in [1.807, 2.05) is 6.92 Å². The topological polar surface area (TPSA) is 66.8 Å². The van der Waals surface area contributed by atoms with Gasteiger partial charge < -0.3 is 14.7 Å². The number of carbonyl (C=O) groups is 2. The highest BCUT2D eigenvalue weighted by molar-refractivity contribution is 5.78. The van der Waals surface area contributed by atoms with E-state index in [2.05, 4.69) is 38.1 Å². The van der Waals surface area contributed by atoms with Gasteiger partial charge in [0.1, 0.15) is 0 Å². The SMILES string of the molecule is CC(C)c1ccc(C(C)CC(=O)N2CCOCC2CC(=O)O)cc1. The van der Waals surface area contributed by atoms with Crippen molar-refractivity contribution in [1.82, 2.24) is 4.90 Å². The maximum absolute atomic E-state index is 12.6. The van der Waals surface area contributed by atoms with Crippen molar-refractivity contribution in [2.24, 2.45) is 0 Å². The van der Waals surface area contributed by atoms with E-state index in [1.165, 1.54) is 5.56 Å². The number of nitrogens with zero attached hydrogens (tertiary/aromatic N) is 1. The minimum Gasteiger partial charge on any atom is -0.481 e. The molecule has 0 radical (unpaired) electrons. The number of rotatable bonds is 6. The summed E-state index contributed by atoms with van der Waals surface area (Å²) >= 11 is 0. The molecule has 0 bridgehead atoms. The Morgan fingerprint density at radius 3 is 2.42 bits per heavy atom. The molecule has 1 fully saturated rings. The molecule has 24 heavy (non-hydrogen) atoms. The van der Waals surface area contributed by atoms with E-state index in [0.29, 0.717) is 32.1 Å². The van der Waals surface area contributed by atoms with Crippen LogP contribution < -0.4 is 0 Å². The summed E-state index contributed by atoms with van der Waals surface area (Å²) in [7, 11) is 0. The number of carbonyl (C=O) groups excluding carboxylic acids is 1. The third-order valence-electron chi connectivity index (χ3n) is 4.61. The molecule has 0 spiro atoms. The second-order valence-electron chi connectivity index (χ2n) is 6.84. The number of hydrogen-bond donors (Lipinski definition) is 1. The molecule has 5 nitrogen and oxygen atoms in total. The molecular formula is C19H27NO4. The molecule has 1 aromatic rings. The molecule has 1 heterocycles.